The van der Waals surface area contributed by atoms with E-state index in [1.807, 2.05) is 0 Å². The van der Waals surface area contributed by atoms with Gasteiger partial charge >= 0.3 is 5.97 Å². The van der Waals surface area contributed by atoms with Crippen LogP contribution >= 0.6 is 0 Å². The first-order valence-corrected chi connectivity index (χ1v) is 4.98. The number of aliphatic carboxylic acids is 1. The molecule has 1 fully saturated rings. The van der Waals surface area contributed by atoms with Crippen LogP contribution in [0.4, 0.5) is 0 Å². The molecule has 0 bridgehead atoms. The van der Waals surface area contributed by atoms with Crippen LogP contribution < -0.4 is 5.32 Å². The highest BCUT2D eigenvalue weighted by molar-refractivity contribution is 5.74. The molecule has 1 rings (SSSR count). The van der Waals surface area contributed by atoms with Crippen molar-refractivity contribution in [1.29, 1.82) is 0 Å². The molecule has 0 aliphatic carbocycles. The summed E-state index contributed by atoms with van der Waals surface area (Å²) in [5.74, 6) is 0.671. The van der Waals surface area contributed by atoms with Crippen molar-refractivity contribution in [2.45, 2.75) is 33.2 Å². The Balaban J connectivity index is 2.60. The van der Waals surface area contributed by atoms with Gasteiger partial charge in [-0.3, -0.25) is 4.79 Å². The van der Waals surface area contributed by atoms with Crippen molar-refractivity contribution in [2.75, 3.05) is 6.54 Å². The summed E-state index contributed by atoms with van der Waals surface area (Å²) in [6.07, 6.45) is 1.01. The largest absolute Gasteiger partial charge is 0.480 e. The number of carbonyl (C=O) groups is 1. The average Bonchev–Trinajstić information content (AvgIpc) is 2.32. The van der Waals surface area contributed by atoms with Crippen molar-refractivity contribution in [3.05, 3.63) is 0 Å². The highest BCUT2D eigenvalue weighted by Crippen LogP contribution is 2.28. The highest BCUT2D eigenvalue weighted by atomic mass is 16.4. The summed E-state index contributed by atoms with van der Waals surface area (Å²) in [6, 6.07) is -0.322. The van der Waals surface area contributed by atoms with Crippen molar-refractivity contribution in [3.8, 4) is 0 Å². The molecule has 3 atom stereocenters. The predicted octanol–water partition coefficient (Wildman–Crippen LogP) is 1.34. The summed E-state index contributed by atoms with van der Waals surface area (Å²) in [5.41, 5.74) is 0. The zero-order valence-corrected chi connectivity index (χ0v) is 8.58. The standard InChI is InChI=1S/C10H19NO2/c1-6(2)4-8-7(3)5-11-9(8)10(12)13/h6-9,11H,4-5H2,1-3H3,(H,12,13)/t7-,8-,9-/m0/s1. The lowest BCUT2D eigenvalue weighted by Crippen LogP contribution is -2.36. The third kappa shape index (κ3) is 2.44. The molecule has 3 nitrogen and oxygen atoms in total. The van der Waals surface area contributed by atoms with Gasteiger partial charge in [0.1, 0.15) is 6.04 Å². The molecule has 0 spiro atoms. The van der Waals surface area contributed by atoms with Crippen molar-refractivity contribution in [1.82, 2.24) is 5.32 Å². The number of carboxylic acid groups (broad SMARTS) is 1. The minimum atomic E-state index is -0.699. The minimum absolute atomic E-state index is 0.303. The summed E-state index contributed by atoms with van der Waals surface area (Å²) in [7, 11) is 0. The number of nitrogens with one attached hydrogen (secondary N) is 1. The molecule has 1 saturated heterocycles. The predicted molar refractivity (Wildman–Crippen MR) is 51.5 cm³/mol. The van der Waals surface area contributed by atoms with E-state index in [4.69, 9.17) is 5.11 Å². The quantitative estimate of drug-likeness (QED) is 0.697. The Bertz CT molecular complexity index is 191. The molecular weight excluding hydrogens is 166 g/mol. The molecule has 1 aliphatic rings. The van der Waals surface area contributed by atoms with Crippen LogP contribution in [0.1, 0.15) is 27.2 Å². The van der Waals surface area contributed by atoms with Crippen molar-refractivity contribution >= 4 is 5.97 Å². The van der Waals surface area contributed by atoms with Gasteiger partial charge in [0.05, 0.1) is 0 Å². The normalized spacial score (nSPS) is 34.0. The Hall–Kier alpha value is -0.570. The van der Waals surface area contributed by atoms with Crippen molar-refractivity contribution in [3.63, 3.8) is 0 Å². The van der Waals surface area contributed by atoms with Crippen LogP contribution in [0.3, 0.4) is 0 Å². The van der Waals surface area contributed by atoms with E-state index in [0.717, 1.165) is 13.0 Å². The number of hydrogen-bond acceptors (Lipinski definition) is 2. The van der Waals surface area contributed by atoms with Gasteiger partial charge in [-0.15, -0.1) is 0 Å². The first kappa shape index (κ1) is 10.5. The maximum atomic E-state index is 10.9. The molecule has 0 saturated carbocycles. The van der Waals surface area contributed by atoms with Crippen molar-refractivity contribution < 1.29 is 9.90 Å². The average molecular weight is 185 g/mol. The number of hydrogen-bond donors (Lipinski definition) is 2. The second-order valence-electron chi connectivity index (χ2n) is 4.49. The van der Waals surface area contributed by atoms with Gasteiger partial charge < -0.3 is 10.4 Å². The summed E-state index contributed by atoms with van der Waals surface area (Å²) in [6.45, 7) is 7.26. The van der Waals surface area contributed by atoms with Crippen LogP contribution in [0.2, 0.25) is 0 Å². The first-order valence-electron chi connectivity index (χ1n) is 4.98. The van der Waals surface area contributed by atoms with Gasteiger partial charge in [0, 0.05) is 0 Å². The number of carboxylic acids is 1. The van der Waals surface area contributed by atoms with E-state index < -0.39 is 5.97 Å². The molecule has 1 heterocycles. The topological polar surface area (TPSA) is 49.3 Å². The van der Waals surface area contributed by atoms with E-state index in [1.54, 1.807) is 0 Å². The maximum absolute atomic E-state index is 10.9. The van der Waals surface area contributed by atoms with Gasteiger partial charge in [0.15, 0.2) is 0 Å². The van der Waals surface area contributed by atoms with E-state index in [-0.39, 0.29) is 6.04 Å². The maximum Gasteiger partial charge on any atom is 0.320 e. The second kappa shape index (κ2) is 4.09. The lowest BCUT2D eigenvalue weighted by Gasteiger charge is -2.20. The smallest absolute Gasteiger partial charge is 0.320 e. The van der Waals surface area contributed by atoms with Gasteiger partial charge in [-0.1, -0.05) is 20.8 Å². The Kier molecular flexibility index (Phi) is 3.31. The van der Waals surface area contributed by atoms with E-state index in [0.29, 0.717) is 17.8 Å². The van der Waals surface area contributed by atoms with E-state index in [1.165, 1.54) is 0 Å². The molecule has 0 aromatic rings. The SMILES string of the molecule is CC(C)C[C@@H]1[C@@H](C(=O)O)NC[C@@H]1C. The van der Waals surface area contributed by atoms with Crippen LogP contribution in [0, 0.1) is 17.8 Å². The van der Waals surface area contributed by atoms with Crippen LogP contribution in [-0.2, 0) is 4.79 Å². The molecule has 0 unspecified atom stereocenters. The molecule has 3 heteroatoms. The zero-order chi connectivity index (χ0) is 10.0. The lowest BCUT2D eigenvalue weighted by atomic mass is 9.85. The lowest BCUT2D eigenvalue weighted by molar-refractivity contribution is -0.140. The zero-order valence-electron chi connectivity index (χ0n) is 8.58. The van der Waals surface area contributed by atoms with E-state index in [9.17, 15) is 4.79 Å². The fourth-order valence-electron chi connectivity index (χ4n) is 2.13. The third-order valence-electron chi connectivity index (χ3n) is 2.83. The summed E-state index contributed by atoms with van der Waals surface area (Å²) in [4.78, 5) is 10.9. The van der Waals surface area contributed by atoms with Crippen LogP contribution in [0.5, 0.6) is 0 Å². The van der Waals surface area contributed by atoms with Gasteiger partial charge in [-0.25, -0.2) is 0 Å². The van der Waals surface area contributed by atoms with Gasteiger partial charge in [-0.05, 0) is 30.7 Å². The minimum Gasteiger partial charge on any atom is -0.480 e. The molecule has 2 N–H and O–H groups in total. The summed E-state index contributed by atoms with van der Waals surface area (Å²) in [5, 5.41) is 12.0. The van der Waals surface area contributed by atoms with E-state index >= 15 is 0 Å². The monoisotopic (exact) mass is 185 g/mol. The van der Waals surface area contributed by atoms with Crippen LogP contribution in [0.15, 0.2) is 0 Å². The Labute approximate surface area is 79.5 Å². The molecule has 0 aromatic carbocycles. The van der Waals surface area contributed by atoms with Gasteiger partial charge in [-0.2, -0.15) is 0 Å². The molecular formula is C10H19NO2. The Morgan fingerprint density at radius 2 is 2.23 bits per heavy atom. The fraction of sp³-hybridized carbons (Fsp3) is 0.900. The van der Waals surface area contributed by atoms with Gasteiger partial charge in [0.2, 0.25) is 0 Å². The molecule has 0 amide bonds. The summed E-state index contributed by atoms with van der Waals surface area (Å²) >= 11 is 0. The van der Waals surface area contributed by atoms with Crippen LogP contribution in [-0.4, -0.2) is 23.7 Å². The summed E-state index contributed by atoms with van der Waals surface area (Å²) < 4.78 is 0. The molecule has 76 valence electrons. The third-order valence-corrected chi connectivity index (χ3v) is 2.83. The van der Waals surface area contributed by atoms with E-state index in [2.05, 4.69) is 26.1 Å². The number of rotatable bonds is 3. The van der Waals surface area contributed by atoms with Gasteiger partial charge in [0.25, 0.3) is 0 Å². The van der Waals surface area contributed by atoms with Crippen LogP contribution in [0.25, 0.3) is 0 Å². The highest BCUT2D eigenvalue weighted by Gasteiger charge is 2.37. The van der Waals surface area contributed by atoms with Crippen molar-refractivity contribution in [2.24, 2.45) is 17.8 Å². The fourth-order valence-corrected chi connectivity index (χ4v) is 2.13. The Morgan fingerprint density at radius 3 is 2.69 bits per heavy atom. The molecule has 0 radical (unpaired) electrons. The molecule has 0 aromatic heterocycles. The second-order valence-corrected chi connectivity index (χ2v) is 4.49. The Morgan fingerprint density at radius 1 is 1.62 bits per heavy atom. The molecule has 13 heavy (non-hydrogen) atoms. The molecule has 1 aliphatic heterocycles. The first-order chi connectivity index (χ1) is 6.02.